The maximum atomic E-state index is 13.4. The summed E-state index contributed by atoms with van der Waals surface area (Å²) < 4.78 is 6.39. The van der Waals surface area contributed by atoms with Gasteiger partial charge in [0, 0.05) is 40.2 Å². The number of aliphatic hydroxyl groups is 1. The van der Waals surface area contributed by atoms with Gasteiger partial charge in [0.05, 0.1) is 23.9 Å². The Morgan fingerprint density at radius 2 is 1.83 bits per heavy atom. The number of H-pyrrole nitrogens is 1. The molecular formula is C33H37ClN4O3. The number of carbonyl (C=O) groups excluding carboxylic acids is 1. The molecule has 1 unspecified atom stereocenters. The van der Waals surface area contributed by atoms with Gasteiger partial charge >= 0.3 is 0 Å². The van der Waals surface area contributed by atoms with E-state index >= 15 is 0 Å². The van der Waals surface area contributed by atoms with E-state index in [-0.39, 0.29) is 30.6 Å². The van der Waals surface area contributed by atoms with Crippen LogP contribution in [0.4, 0.5) is 0 Å². The van der Waals surface area contributed by atoms with Crippen molar-refractivity contribution in [3.8, 4) is 17.0 Å². The van der Waals surface area contributed by atoms with Crippen LogP contribution in [0.1, 0.15) is 61.5 Å². The van der Waals surface area contributed by atoms with E-state index in [1.54, 1.807) is 0 Å². The lowest BCUT2D eigenvalue weighted by Crippen LogP contribution is -2.47. The molecule has 0 saturated carbocycles. The number of fused-ring (bicyclic) bond motifs is 3. The van der Waals surface area contributed by atoms with Crippen LogP contribution in [0.2, 0.25) is 5.02 Å². The van der Waals surface area contributed by atoms with Crippen molar-refractivity contribution >= 4 is 28.4 Å². The van der Waals surface area contributed by atoms with E-state index in [2.05, 4.69) is 34.3 Å². The maximum absolute atomic E-state index is 13.4. The quantitative estimate of drug-likeness (QED) is 0.217. The number of nitrogens with zero attached hydrogens (tertiary/aromatic N) is 2. The summed E-state index contributed by atoms with van der Waals surface area (Å²) in [5.41, 5.74) is 4.10. The third-order valence-electron chi connectivity index (χ3n) is 8.65. The molecule has 1 amide bonds. The molecule has 2 aliphatic rings. The number of carbonyl (C=O) groups is 1. The number of aromatic amines is 1. The van der Waals surface area contributed by atoms with E-state index in [1.165, 1.54) is 12.8 Å². The summed E-state index contributed by atoms with van der Waals surface area (Å²) in [5.74, 6) is 0.865. The van der Waals surface area contributed by atoms with Gasteiger partial charge in [-0.15, -0.1) is 0 Å². The van der Waals surface area contributed by atoms with Crippen molar-refractivity contribution in [3.63, 3.8) is 0 Å². The van der Waals surface area contributed by atoms with Crippen molar-refractivity contribution in [2.75, 3.05) is 13.2 Å². The van der Waals surface area contributed by atoms with E-state index in [9.17, 15) is 9.90 Å². The molecule has 3 heterocycles. The summed E-state index contributed by atoms with van der Waals surface area (Å²) in [6.07, 6.45) is 4.57. The molecule has 0 radical (unpaired) electrons. The number of hydrogen-bond donors (Lipinski definition) is 3. The van der Waals surface area contributed by atoms with E-state index in [1.807, 2.05) is 66.7 Å². The van der Waals surface area contributed by atoms with Gasteiger partial charge in [-0.3, -0.25) is 14.8 Å². The largest absolute Gasteiger partial charge is 0.490 e. The third kappa shape index (κ3) is 5.71. The summed E-state index contributed by atoms with van der Waals surface area (Å²) in [5, 5.41) is 21.8. The summed E-state index contributed by atoms with van der Waals surface area (Å²) in [6, 6.07) is 22.1. The number of amides is 1. The Morgan fingerprint density at radius 3 is 2.51 bits per heavy atom. The van der Waals surface area contributed by atoms with Gasteiger partial charge in [0.15, 0.2) is 0 Å². The highest BCUT2D eigenvalue weighted by atomic mass is 35.5. The number of nitrogens with one attached hydrogen (secondary N) is 2. The van der Waals surface area contributed by atoms with Crippen LogP contribution in [0, 0.1) is 5.92 Å². The number of piperidine rings is 1. The zero-order valence-corrected chi connectivity index (χ0v) is 24.3. The van der Waals surface area contributed by atoms with Crippen molar-refractivity contribution in [2.24, 2.45) is 5.92 Å². The topological polar surface area (TPSA) is 90.5 Å². The Kier molecular flexibility index (Phi) is 8.02. The highest BCUT2D eigenvalue weighted by Crippen LogP contribution is 2.37. The molecule has 4 aromatic rings. The Hall–Kier alpha value is -3.39. The molecule has 6 rings (SSSR count). The first-order chi connectivity index (χ1) is 19.9. The van der Waals surface area contributed by atoms with Crippen LogP contribution in [0.15, 0.2) is 66.7 Å². The molecule has 8 heteroatoms. The summed E-state index contributed by atoms with van der Waals surface area (Å²) in [4.78, 5) is 15.8. The zero-order valence-electron chi connectivity index (χ0n) is 23.5. The minimum absolute atomic E-state index is 0.152. The Balaban J connectivity index is 1.17. The highest BCUT2D eigenvalue weighted by molar-refractivity contribution is 6.31. The van der Waals surface area contributed by atoms with E-state index in [0.29, 0.717) is 22.7 Å². The first-order valence-electron chi connectivity index (χ1n) is 14.6. The molecule has 4 atom stereocenters. The molecule has 7 nitrogen and oxygen atoms in total. The van der Waals surface area contributed by atoms with Crippen molar-refractivity contribution in [1.82, 2.24) is 20.4 Å². The normalized spacial score (nSPS) is 21.3. The standard InChI is InChI=1S/C33H37ClN4O3/c1-20(2)31(27-5-3-4-6-29(27)34)35-33(40)22-9-14-30-28(17-22)32(37-36-30)21-7-12-25(13-8-21)41-26-18-23-10-11-24(19-26)38(23)15-16-39/h3-9,12-14,17,20,23-24,26,31,39H,10-11,15-16,18-19H2,1-2H3,(H,35,40)(H,36,37)/t23-,24+,26?,31-/m0/s1. The van der Waals surface area contributed by atoms with Crippen molar-refractivity contribution < 1.29 is 14.6 Å². The Morgan fingerprint density at radius 1 is 1.10 bits per heavy atom. The van der Waals surface area contributed by atoms with Crippen LogP contribution in [0.25, 0.3) is 22.2 Å². The maximum Gasteiger partial charge on any atom is 0.251 e. The van der Waals surface area contributed by atoms with E-state index in [4.69, 9.17) is 16.3 Å². The van der Waals surface area contributed by atoms with Crippen LogP contribution in [-0.2, 0) is 0 Å². The second kappa shape index (κ2) is 11.8. The van der Waals surface area contributed by atoms with Crippen molar-refractivity contribution in [3.05, 3.63) is 82.9 Å². The van der Waals surface area contributed by atoms with Gasteiger partial charge < -0.3 is 15.2 Å². The van der Waals surface area contributed by atoms with Gasteiger partial charge in [-0.05, 0) is 85.7 Å². The van der Waals surface area contributed by atoms with Gasteiger partial charge in [0.25, 0.3) is 5.91 Å². The molecule has 214 valence electrons. The average Bonchev–Trinajstić information content (AvgIpc) is 3.49. The minimum atomic E-state index is -0.208. The van der Waals surface area contributed by atoms with Crippen LogP contribution in [-0.4, -0.2) is 57.5 Å². The predicted octanol–water partition coefficient (Wildman–Crippen LogP) is 6.38. The Labute approximate surface area is 245 Å². The van der Waals surface area contributed by atoms with Gasteiger partial charge in [0.2, 0.25) is 0 Å². The number of aliphatic hydroxyl groups excluding tert-OH is 1. The molecule has 41 heavy (non-hydrogen) atoms. The van der Waals surface area contributed by atoms with Gasteiger partial charge in [0.1, 0.15) is 11.9 Å². The molecule has 2 aliphatic heterocycles. The number of hydrogen-bond acceptors (Lipinski definition) is 5. The number of aromatic nitrogens is 2. The molecule has 2 bridgehead atoms. The Bertz CT molecular complexity index is 1500. The number of benzene rings is 3. The molecule has 3 aromatic carbocycles. The fourth-order valence-electron chi connectivity index (χ4n) is 6.62. The predicted molar refractivity (Wildman–Crippen MR) is 162 cm³/mol. The molecule has 0 spiro atoms. The van der Waals surface area contributed by atoms with E-state index in [0.717, 1.165) is 52.9 Å². The number of halogens is 1. The van der Waals surface area contributed by atoms with Gasteiger partial charge in [-0.2, -0.15) is 5.10 Å². The van der Waals surface area contributed by atoms with Crippen molar-refractivity contribution in [2.45, 2.75) is 63.8 Å². The SMILES string of the molecule is CC(C)[C@H](NC(=O)c1ccc2[nH]nc(-c3ccc(OC4C[C@H]5CC[C@@H](C4)N5CCO)cc3)c2c1)c1ccccc1Cl. The van der Waals surface area contributed by atoms with Crippen LogP contribution < -0.4 is 10.1 Å². The zero-order chi connectivity index (χ0) is 28.5. The van der Waals surface area contributed by atoms with Gasteiger partial charge in [-0.1, -0.05) is 43.6 Å². The fourth-order valence-corrected chi connectivity index (χ4v) is 6.87. The molecule has 1 aromatic heterocycles. The molecule has 0 aliphatic carbocycles. The molecule has 3 N–H and O–H groups in total. The van der Waals surface area contributed by atoms with Crippen LogP contribution in [0.5, 0.6) is 5.75 Å². The molecule has 2 fully saturated rings. The lowest BCUT2D eigenvalue weighted by atomic mass is 9.95. The first-order valence-corrected chi connectivity index (χ1v) is 15.0. The van der Waals surface area contributed by atoms with E-state index < -0.39 is 0 Å². The smallest absolute Gasteiger partial charge is 0.251 e. The number of rotatable bonds is 9. The number of ether oxygens (including phenoxy) is 1. The van der Waals surface area contributed by atoms with Crippen LogP contribution >= 0.6 is 11.6 Å². The fraction of sp³-hybridized carbons (Fsp3) is 0.394. The second-order valence-electron chi connectivity index (χ2n) is 11.6. The third-order valence-corrected chi connectivity index (χ3v) is 8.99. The summed E-state index contributed by atoms with van der Waals surface area (Å²) in [6.45, 7) is 5.12. The lowest BCUT2D eigenvalue weighted by Gasteiger charge is -2.38. The first kappa shape index (κ1) is 27.8. The minimum Gasteiger partial charge on any atom is -0.490 e. The molecule has 2 saturated heterocycles. The second-order valence-corrected chi connectivity index (χ2v) is 12.0. The van der Waals surface area contributed by atoms with Crippen LogP contribution in [0.3, 0.4) is 0 Å². The average molecular weight is 573 g/mol. The summed E-state index contributed by atoms with van der Waals surface area (Å²) >= 11 is 6.46. The van der Waals surface area contributed by atoms with Crippen molar-refractivity contribution in [1.29, 1.82) is 0 Å². The van der Waals surface area contributed by atoms with Gasteiger partial charge in [-0.25, -0.2) is 0 Å². The lowest BCUT2D eigenvalue weighted by molar-refractivity contribution is 0.0391. The monoisotopic (exact) mass is 572 g/mol. The molecular weight excluding hydrogens is 536 g/mol. The summed E-state index contributed by atoms with van der Waals surface area (Å²) in [7, 11) is 0. The highest BCUT2D eigenvalue weighted by Gasteiger charge is 2.41.